The van der Waals surface area contributed by atoms with Crippen molar-refractivity contribution in [3.05, 3.63) is 23.8 Å². The Hall–Kier alpha value is -2.04. The van der Waals surface area contributed by atoms with Crippen LogP contribution in [-0.2, 0) is 4.79 Å². The smallest absolute Gasteiger partial charge is 0.161 e. The Morgan fingerprint density at radius 3 is 2.64 bits per heavy atom. The van der Waals surface area contributed by atoms with Gasteiger partial charge in [-0.2, -0.15) is 5.10 Å². The topological polar surface area (TPSA) is 59.9 Å². The molecule has 3 rings (SSSR count). The van der Waals surface area contributed by atoms with Gasteiger partial charge in [0.2, 0.25) is 0 Å². The van der Waals surface area contributed by atoms with Gasteiger partial charge in [0.05, 0.1) is 31.9 Å². The van der Waals surface area contributed by atoms with Gasteiger partial charge in [0.15, 0.2) is 11.5 Å². The molecule has 1 aliphatic heterocycles. The maximum absolute atomic E-state index is 12.6. The summed E-state index contributed by atoms with van der Waals surface area (Å²) >= 11 is 0. The van der Waals surface area contributed by atoms with Crippen LogP contribution in [0, 0.1) is 11.3 Å². The fourth-order valence-corrected chi connectivity index (χ4v) is 3.52. The van der Waals surface area contributed by atoms with E-state index >= 15 is 0 Å². The molecule has 1 aromatic rings. The lowest BCUT2D eigenvalue weighted by molar-refractivity contribution is -0.126. The molecule has 0 saturated heterocycles. The summed E-state index contributed by atoms with van der Waals surface area (Å²) in [5, 5.41) is 4.45. The van der Waals surface area contributed by atoms with E-state index in [2.05, 4.69) is 24.4 Å². The number of hydrogen-bond acceptors (Lipinski definition) is 5. The second-order valence-electron chi connectivity index (χ2n) is 6.79. The van der Waals surface area contributed by atoms with Gasteiger partial charge in [0.1, 0.15) is 5.78 Å². The minimum atomic E-state index is -0.161. The van der Waals surface area contributed by atoms with E-state index in [1.807, 2.05) is 18.2 Å². The number of hydrogen-bond donors (Lipinski definition) is 1. The van der Waals surface area contributed by atoms with Gasteiger partial charge in [-0.25, -0.2) is 0 Å². The van der Waals surface area contributed by atoms with E-state index in [0.29, 0.717) is 17.9 Å². The molecule has 5 nitrogen and oxygen atoms in total. The number of Topliss-reactive ketones (excluding diaryl/α,β-unsaturated/α-hetero) is 1. The monoisotopic (exact) mass is 302 g/mol. The van der Waals surface area contributed by atoms with Gasteiger partial charge in [-0.05, 0) is 30.0 Å². The van der Waals surface area contributed by atoms with Gasteiger partial charge in [-0.3, -0.25) is 4.79 Å². The quantitative estimate of drug-likeness (QED) is 0.931. The predicted octanol–water partition coefficient (Wildman–Crippen LogP) is 2.39. The molecule has 22 heavy (non-hydrogen) atoms. The summed E-state index contributed by atoms with van der Waals surface area (Å²) < 4.78 is 10.6. The average molecular weight is 302 g/mol. The number of carbonyl (C=O) groups is 1. The van der Waals surface area contributed by atoms with Gasteiger partial charge in [0, 0.05) is 12.0 Å². The molecule has 1 saturated carbocycles. The van der Waals surface area contributed by atoms with Gasteiger partial charge in [-0.1, -0.05) is 13.8 Å². The van der Waals surface area contributed by atoms with Crippen molar-refractivity contribution in [1.82, 2.24) is 5.43 Å². The molecule has 1 heterocycles. The Morgan fingerprint density at radius 1 is 1.23 bits per heavy atom. The number of rotatable bonds is 3. The molecule has 2 aliphatic rings. The lowest BCUT2D eigenvalue weighted by Gasteiger charge is -2.36. The molecule has 2 atom stereocenters. The van der Waals surface area contributed by atoms with Crippen LogP contribution in [0.2, 0.25) is 0 Å². The molecule has 5 heteroatoms. The Morgan fingerprint density at radius 2 is 1.95 bits per heavy atom. The third-order valence-electron chi connectivity index (χ3n) is 4.50. The third-order valence-corrected chi connectivity index (χ3v) is 4.50. The second kappa shape index (κ2) is 5.30. The van der Waals surface area contributed by atoms with E-state index in [1.165, 1.54) is 0 Å². The molecule has 1 N–H and O–H groups in total. The summed E-state index contributed by atoms with van der Waals surface area (Å²) in [5.41, 5.74) is 4.91. The van der Waals surface area contributed by atoms with Crippen LogP contribution in [0.3, 0.4) is 0 Å². The highest BCUT2D eigenvalue weighted by Crippen LogP contribution is 2.40. The van der Waals surface area contributed by atoms with Crippen LogP contribution in [0.25, 0.3) is 0 Å². The van der Waals surface area contributed by atoms with E-state index in [9.17, 15) is 4.79 Å². The lowest BCUT2D eigenvalue weighted by atomic mass is 9.68. The fraction of sp³-hybridized carbons (Fsp3) is 0.529. The number of nitrogens with one attached hydrogen (secondary N) is 1. The molecule has 0 aromatic heterocycles. The fourth-order valence-electron chi connectivity index (χ4n) is 3.52. The highest BCUT2D eigenvalue weighted by Gasteiger charge is 2.46. The zero-order valence-corrected chi connectivity index (χ0v) is 13.5. The summed E-state index contributed by atoms with van der Waals surface area (Å²) in [6, 6.07) is 5.76. The minimum absolute atomic E-state index is 0.0355. The zero-order valence-electron chi connectivity index (χ0n) is 13.5. The molecule has 0 spiro atoms. The first kappa shape index (κ1) is 14.9. The first-order valence-electron chi connectivity index (χ1n) is 7.53. The Kier molecular flexibility index (Phi) is 3.59. The highest BCUT2D eigenvalue weighted by molar-refractivity contribution is 6.15. The van der Waals surface area contributed by atoms with Crippen LogP contribution in [0.4, 0.5) is 0 Å². The number of carbonyl (C=O) groups excluding carboxylic acids is 1. The van der Waals surface area contributed by atoms with E-state index < -0.39 is 0 Å². The number of ether oxygens (including phenoxy) is 2. The minimum Gasteiger partial charge on any atom is -0.493 e. The van der Waals surface area contributed by atoms with Crippen molar-refractivity contribution in [3.8, 4) is 11.5 Å². The molecule has 0 radical (unpaired) electrons. The van der Waals surface area contributed by atoms with Crippen molar-refractivity contribution in [2.45, 2.75) is 32.7 Å². The number of fused-ring (bicyclic) bond motifs is 1. The second-order valence-corrected chi connectivity index (χ2v) is 6.79. The van der Waals surface area contributed by atoms with Crippen molar-refractivity contribution < 1.29 is 14.3 Å². The Labute approximate surface area is 130 Å². The predicted molar refractivity (Wildman–Crippen MR) is 84.5 cm³/mol. The molecule has 2 unspecified atom stereocenters. The van der Waals surface area contributed by atoms with Crippen molar-refractivity contribution in [1.29, 1.82) is 0 Å². The largest absolute Gasteiger partial charge is 0.493 e. The van der Waals surface area contributed by atoms with Gasteiger partial charge in [0.25, 0.3) is 0 Å². The van der Waals surface area contributed by atoms with Crippen LogP contribution in [0.15, 0.2) is 23.3 Å². The molecule has 0 amide bonds. The maximum atomic E-state index is 12.6. The molecular weight excluding hydrogens is 280 g/mol. The first-order chi connectivity index (χ1) is 10.4. The molecule has 1 aromatic carbocycles. The van der Waals surface area contributed by atoms with Gasteiger partial charge < -0.3 is 14.9 Å². The van der Waals surface area contributed by atoms with Crippen molar-refractivity contribution in [3.63, 3.8) is 0 Å². The Bertz CT molecular complexity index is 637. The highest BCUT2D eigenvalue weighted by atomic mass is 16.5. The molecular formula is C17H22N2O3. The standard InChI is InChI=1S/C17H22N2O3/c1-17(2)8-11-15(12(20)9-17)16(19-18-11)10-5-6-13(21-3)14(7-10)22-4/h5-7,11,15,18H,8-9H2,1-4H3. The SMILES string of the molecule is COc1ccc(C2=NNC3CC(C)(C)CC(=O)C23)cc1OC. The normalized spacial score (nSPS) is 26.0. The third kappa shape index (κ3) is 2.45. The first-order valence-corrected chi connectivity index (χ1v) is 7.53. The summed E-state index contributed by atoms with van der Waals surface area (Å²) in [6.45, 7) is 4.27. The van der Waals surface area contributed by atoms with Crippen LogP contribution in [-0.4, -0.2) is 31.8 Å². The van der Waals surface area contributed by atoms with Crippen LogP contribution in [0.1, 0.15) is 32.3 Å². The van der Waals surface area contributed by atoms with Crippen molar-refractivity contribution in [2.24, 2.45) is 16.4 Å². The van der Waals surface area contributed by atoms with Gasteiger partial charge >= 0.3 is 0 Å². The summed E-state index contributed by atoms with van der Waals surface area (Å²) in [4.78, 5) is 12.6. The van der Waals surface area contributed by atoms with E-state index in [-0.39, 0.29) is 23.2 Å². The maximum Gasteiger partial charge on any atom is 0.161 e. The van der Waals surface area contributed by atoms with Crippen molar-refractivity contribution in [2.75, 3.05) is 14.2 Å². The van der Waals surface area contributed by atoms with Crippen molar-refractivity contribution >= 4 is 11.5 Å². The number of methoxy groups -OCH3 is 2. The summed E-state index contributed by atoms with van der Waals surface area (Å²) in [5.74, 6) is 1.42. The molecule has 0 bridgehead atoms. The molecule has 1 aliphatic carbocycles. The van der Waals surface area contributed by atoms with Crippen LogP contribution < -0.4 is 14.9 Å². The molecule has 118 valence electrons. The molecule has 1 fully saturated rings. The Balaban J connectivity index is 1.92. The zero-order chi connectivity index (χ0) is 15.9. The number of benzene rings is 1. The van der Waals surface area contributed by atoms with E-state index in [0.717, 1.165) is 17.7 Å². The summed E-state index contributed by atoms with van der Waals surface area (Å²) in [7, 11) is 3.21. The number of nitrogens with zero attached hydrogens (tertiary/aromatic N) is 1. The van der Waals surface area contributed by atoms with E-state index in [1.54, 1.807) is 14.2 Å². The lowest BCUT2D eigenvalue weighted by Crippen LogP contribution is -2.45. The number of hydrazone groups is 1. The van der Waals surface area contributed by atoms with E-state index in [4.69, 9.17) is 9.47 Å². The van der Waals surface area contributed by atoms with Crippen LogP contribution >= 0.6 is 0 Å². The number of ketones is 1. The average Bonchev–Trinajstić information content (AvgIpc) is 2.89. The van der Waals surface area contributed by atoms with Gasteiger partial charge in [-0.15, -0.1) is 0 Å². The summed E-state index contributed by atoms with van der Waals surface area (Å²) in [6.07, 6.45) is 1.55. The van der Waals surface area contributed by atoms with Crippen LogP contribution in [0.5, 0.6) is 11.5 Å².